The van der Waals surface area contributed by atoms with E-state index in [-0.39, 0.29) is 18.0 Å². The van der Waals surface area contributed by atoms with E-state index in [4.69, 9.17) is 23.2 Å². The second-order valence-electron chi connectivity index (χ2n) is 7.42. The zero-order chi connectivity index (χ0) is 19.7. The van der Waals surface area contributed by atoms with Gasteiger partial charge in [0.2, 0.25) is 5.91 Å². The maximum Gasteiger partial charge on any atom is 0.241 e. The van der Waals surface area contributed by atoms with E-state index in [1.807, 2.05) is 47.4 Å². The monoisotopic (exact) mass is 418 g/mol. The van der Waals surface area contributed by atoms with Crippen LogP contribution < -0.4 is 15.8 Å². The van der Waals surface area contributed by atoms with Crippen LogP contribution in [0.25, 0.3) is 0 Å². The van der Waals surface area contributed by atoms with E-state index in [0.29, 0.717) is 13.1 Å². The molecule has 0 saturated carbocycles. The van der Waals surface area contributed by atoms with Gasteiger partial charge in [-0.3, -0.25) is 4.79 Å². The first-order valence-electron chi connectivity index (χ1n) is 9.57. The Balaban J connectivity index is 1.34. The summed E-state index contributed by atoms with van der Waals surface area (Å²) in [6.07, 6.45) is 0.730. The first kappa shape index (κ1) is 19.5. The van der Waals surface area contributed by atoms with E-state index >= 15 is 0 Å². The highest BCUT2D eigenvalue weighted by molar-refractivity contribution is 6.31. The van der Waals surface area contributed by atoms with E-state index in [9.17, 15) is 4.79 Å². The van der Waals surface area contributed by atoms with Gasteiger partial charge in [-0.15, -0.1) is 0 Å². The number of nitrogens with zero attached hydrogens (tertiary/aromatic N) is 2. The molecule has 2 aliphatic rings. The SMILES string of the molecule is Cc1ccc(Cl)cc1N1CCN(C(=O)C2CC(c3ccc(Cl)cc3)NN2)CC1. The summed E-state index contributed by atoms with van der Waals surface area (Å²) in [6, 6.07) is 13.6. The zero-order valence-electron chi connectivity index (χ0n) is 15.8. The van der Waals surface area contributed by atoms with Crippen molar-refractivity contribution in [2.24, 2.45) is 0 Å². The van der Waals surface area contributed by atoms with Crippen molar-refractivity contribution in [1.29, 1.82) is 0 Å². The standard InChI is InChI=1S/C21H24Cl2N4O/c1-14-2-5-17(23)12-20(14)26-8-10-27(11-9-26)21(28)19-13-18(24-25-19)15-3-6-16(22)7-4-15/h2-7,12,18-19,24-25H,8-11,13H2,1H3. The van der Waals surface area contributed by atoms with Crippen LogP contribution in [-0.4, -0.2) is 43.0 Å². The number of nitrogens with one attached hydrogen (secondary N) is 2. The molecule has 2 N–H and O–H groups in total. The largest absolute Gasteiger partial charge is 0.368 e. The Morgan fingerprint density at radius 1 is 0.964 bits per heavy atom. The number of hydrazine groups is 1. The molecule has 4 rings (SSSR count). The van der Waals surface area contributed by atoms with Crippen molar-refractivity contribution in [2.45, 2.75) is 25.4 Å². The van der Waals surface area contributed by atoms with Gasteiger partial charge in [-0.1, -0.05) is 41.4 Å². The molecule has 7 heteroatoms. The highest BCUT2D eigenvalue weighted by Crippen LogP contribution is 2.27. The highest BCUT2D eigenvalue weighted by atomic mass is 35.5. The number of hydrogen-bond donors (Lipinski definition) is 2. The van der Waals surface area contributed by atoms with Gasteiger partial charge in [-0.05, 0) is 48.7 Å². The fourth-order valence-corrected chi connectivity index (χ4v) is 4.24. The Morgan fingerprint density at radius 2 is 1.64 bits per heavy atom. The second-order valence-corrected chi connectivity index (χ2v) is 8.30. The third kappa shape index (κ3) is 4.13. The van der Waals surface area contributed by atoms with Crippen LogP contribution >= 0.6 is 23.2 Å². The average Bonchev–Trinajstić information content (AvgIpc) is 3.20. The summed E-state index contributed by atoms with van der Waals surface area (Å²) in [7, 11) is 0. The van der Waals surface area contributed by atoms with Crippen molar-refractivity contribution in [2.75, 3.05) is 31.1 Å². The lowest BCUT2D eigenvalue weighted by Gasteiger charge is -2.37. The van der Waals surface area contributed by atoms with Gasteiger partial charge in [0.25, 0.3) is 0 Å². The summed E-state index contributed by atoms with van der Waals surface area (Å²) in [6.45, 7) is 5.15. The number of piperazine rings is 1. The fourth-order valence-electron chi connectivity index (χ4n) is 3.94. The molecule has 2 fully saturated rings. The number of carbonyl (C=O) groups is 1. The summed E-state index contributed by atoms with van der Waals surface area (Å²) in [5.74, 6) is 0.159. The van der Waals surface area contributed by atoms with Crippen LogP contribution in [0.5, 0.6) is 0 Å². The molecule has 0 radical (unpaired) electrons. The van der Waals surface area contributed by atoms with Crippen LogP contribution in [0.2, 0.25) is 10.0 Å². The summed E-state index contributed by atoms with van der Waals surface area (Å²) < 4.78 is 0. The predicted molar refractivity (Wildman–Crippen MR) is 114 cm³/mol. The lowest BCUT2D eigenvalue weighted by molar-refractivity contribution is -0.133. The smallest absolute Gasteiger partial charge is 0.241 e. The summed E-state index contributed by atoms with van der Waals surface area (Å²) >= 11 is 12.1. The number of anilines is 1. The van der Waals surface area contributed by atoms with E-state index in [2.05, 4.69) is 22.7 Å². The van der Waals surface area contributed by atoms with E-state index in [1.54, 1.807) is 0 Å². The Bertz CT molecular complexity index is 850. The van der Waals surface area contributed by atoms with Crippen LogP contribution in [0, 0.1) is 6.92 Å². The number of rotatable bonds is 3. The van der Waals surface area contributed by atoms with Gasteiger partial charge in [-0.2, -0.15) is 0 Å². The molecule has 2 saturated heterocycles. The van der Waals surface area contributed by atoms with Gasteiger partial charge in [0.15, 0.2) is 0 Å². The van der Waals surface area contributed by atoms with E-state index in [0.717, 1.165) is 40.8 Å². The van der Waals surface area contributed by atoms with Gasteiger partial charge in [-0.25, -0.2) is 10.9 Å². The van der Waals surface area contributed by atoms with Crippen molar-refractivity contribution in [1.82, 2.24) is 15.8 Å². The lowest BCUT2D eigenvalue weighted by atomic mass is 10.0. The minimum atomic E-state index is -0.208. The molecule has 5 nitrogen and oxygen atoms in total. The van der Waals surface area contributed by atoms with Crippen molar-refractivity contribution in [3.8, 4) is 0 Å². The number of hydrogen-bond acceptors (Lipinski definition) is 4. The number of carbonyl (C=O) groups excluding carboxylic acids is 1. The number of halogens is 2. The molecule has 28 heavy (non-hydrogen) atoms. The van der Waals surface area contributed by atoms with Crippen molar-refractivity contribution in [3.05, 3.63) is 63.6 Å². The third-order valence-electron chi connectivity index (χ3n) is 5.58. The van der Waals surface area contributed by atoms with Crippen LogP contribution in [-0.2, 0) is 4.79 Å². The molecular weight excluding hydrogens is 395 g/mol. The first-order valence-corrected chi connectivity index (χ1v) is 10.3. The number of aryl methyl sites for hydroxylation is 1. The zero-order valence-corrected chi connectivity index (χ0v) is 17.3. The predicted octanol–water partition coefficient (Wildman–Crippen LogP) is 3.56. The molecule has 2 aliphatic heterocycles. The minimum absolute atomic E-state index is 0.113. The molecule has 2 heterocycles. The van der Waals surface area contributed by atoms with Gasteiger partial charge in [0, 0.05) is 48.0 Å². The van der Waals surface area contributed by atoms with Crippen molar-refractivity contribution in [3.63, 3.8) is 0 Å². The van der Waals surface area contributed by atoms with Crippen molar-refractivity contribution >= 4 is 34.8 Å². The van der Waals surface area contributed by atoms with Crippen molar-refractivity contribution < 1.29 is 4.79 Å². The maximum absolute atomic E-state index is 13.0. The van der Waals surface area contributed by atoms with Gasteiger partial charge in [0.1, 0.15) is 6.04 Å². The molecule has 0 bridgehead atoms. The lowest BCUT2D eigenvalue weighted by Crippen LogP contribution is -2.53. The molecule has 148 valence electrons. The van der Waals surface area contributed by atoms with Crippen LogP contribution in [0.4, 0.5) is 5.69 Å². The molecular formula is C21H24Cl2N4O. The summed E-state index contributed by atoms with van der Waals surface area (Å²) in [5.41, 5.74) is 9.91. The Morgan fingerprint density at radius 3 is 2.36 bits per heavy atom. The maximum atomic E-state index is 13.0. The van der Waals surface area contributed by atoms with Crippen LogP contribution in [0.3, 0.4) is 0 Å². The molecule has 2 atom stereocenters. The summed E-state index contributed by atoms with van der Waals surface area (Å²) in [5, 5.41) is 1.46. The highest BCUT2D eigenvalue weighted by Gasteiger charge is 2.34. The molecule has 0 aliphatic carbocycles. The fraction of sp³-hybridized carbons (Fsp3) is 0.381. The summed E-state index contributed by atoms with van der Waals surface area (Å²) in [4.78, 5) is 17.2. The number of benzene rings is 2. The minimum Gasteiger partial charge on any atom is -0.368 e. The molecule has 2 aromatic rings. The normalized spacial score (nSPS) is 22.5. The van der Waals surface area contributed by atoms with Crippen LogP contribution in [0.1, 0.15) is 23.6 Å². The molecule has 2 unspecified atom stereocenters. The quantitative estimate of drug-likeness (QED) is 0.799. The first-order chi connectivity index (χ1) is 13.5. The van der Waals surface area contributed by atoms with Crippen LogP contribution in [0.15, 0.2) is 42.5 Å². The number of amides is 1. The van der Waals surface area contributed by atoms with E-state index < -0.39 is 0 Å². The Hall–Kier alpha value is -1.79. The topological polar surface area (TPSA) is 47.6 Å². The Labute approximate surface area is 175 Å². The van der Waals surface area contributed by atoms with E-state index in [1.165, 1.54) is 5.56 Å². The van der Waals surface area contributed by atoms with Gasteiger partial charge >= 0.3 is 0 Å². The van der Waals surface area contributed by atoms with Gasteiger partial charge < -0.3 is 9.80 Å². The third-order valence-corrected chi connectivity index (χ3v) is 6.06. The molecule has 0 spiro atoms. The Kier molecular flexibility index (Phi) is 5.78. The second kappa shape index (κ2) is 8.29. The molecule has 2 aromatic carbocycles. The average molecular weight is 419 g/mol. The van der Waals surface area contributed by atoms with Gasteiger partial charge in [0.05, 0.1) is 0 Å². The molecule has 0 aromatic heterocycles. The molecule has 1 amide bonds.